The first-order chi connectivity index (χ1) is 5.49. The van der Waals surface area contributed by atoms with Crippen molar-refractivity contribution < 1.29 is 9.53 Å². The first-order valence-corrected chi connectivity index (χ1v) is 4.45. The first kappa shape index (κ1) is 15.2. The van der Waals surface area contributed by atoms with Crippen molar-refractivity contribution in [2.75, 3.05) is 0 Å². The minimum Gasteiger partial charge on any atom is -0.462 e. The molecule has 0 saturated heterocycles. The Morgan fingerprint density at radius 3 is 2.15 bits per heavy atom. The lowest BCUT2D eigenvalue weighted by Gasteiger charge is -2.18. The van der Waals surface area contributed by atoms with Gasteiger partial charge in [0.25, 0.3) is 0 Å². The van der Waals surface area contributed by atoms with Crippen molar-refractivity contribution in [3.05, 3.63) is 0 Å². The van der Waals surface area contributed by atoms with Crippen LogP contribution < -0.4 is 5.73 Å². The van der Waals surface area contributed by atoms with Crippen LogP contribution >= 0.6 is 12.4 Å². The summed E-state index contributed by atoms with van der Waals surface area (Å²) >= 11 is 0. The molecule has 0 aliphatic rings. The second kappa shape index (κ2) is 7.15. The van der Waals surface area contributed by atoms with Crippen LogP contribution in [-0.2, 0) is 9.53 Å². The number of nitrogens with two attached hydrogens (primary N) is 1. The summed E-state index contributed by atoms with van der Waals surface area (Å²) in [6.45, 7) is 7.60. The molecule has 13 heavy (non-hydrogen) atoms. The van der Waals surface area contributed by atoms with Gasteiger partial charge in [-0.25, -0.2) is 0 Å². The van der Waals surface area contributed by atoms with Crippen LogP contribution in [0.2, 0.25) is 0 Å². The maximum atomic E-state index is 11.2. The SMILES string of the molecule is CCC(C)C(N)C(=O)OC(C)C.Cl. The van der Waals surface area contributed by atoms with Gasteiger partial charge < -0.3 is 10.5 Å². The molecular formula is C9H20ClNO2. The van der Waals surface area contributed by atoms with Crippen molar-refractivity contribution in [2.24, 2.45) is 11.7 Å². The zero-order valence-electron chi connectivity index (χ0n) is 8.74. The van der Waals surface area contributed by atoms with Crippen molar-refractivity contribution in [3.8, 4) is 0 Å². The van der Waals surface area contributed by atoms with E-state index < -0.39 is 6.04 Å². The molecule has 0 aliphatic heterocycles. The van der Waals surface area contributed by atoms with E-state index in [1.54, 1.807) is 0 Å². The van der Waals surface area contributed by atoms with Gasteiger partial charge in [-0.3, -0.25) is 4.79 Å². The van der Waals surface area contributed by atoms with E-state index in [1.807, 2.05) is 27.7 Å². The molecule has 0 rings (SSSR count). The highest BCUT2D eigenvalue weighted by Crippen LogP contribution is 2.07. The summed E-state index contributed by atoms with van der Waals surface area (Å²) in [5.74, 6) is -0.101. The highest BCUT2D eigenvalue weighted by atomic mass is 35.5. The standard InChI is InChI=1S/C9H19NO2.ClH/c1-5-7(4)8(10)9(11)12-6(2)3;/h6-8H,5,10H2,1-4H3;1H. The highest BCUT2D eigenvalue weighted by molar-refractivity contribution is 5.85. The second-order valence-corrected chi connectivity index (χ2v) is 3.40. The summed E-state index contributed by atoms with van der Waals surface area (Å²) in [6.07, 6.45) is 0.821. The molecule has 4 heteroatoms. The Bertz CT molecular complexity index is 151. The van der Waals surface area contributed by atoms with E-state index in [4.69, 9.17) is 10.5 Å². The van der Waals surface area contributed by atoms with Gasteiger partial charge in [-0.2, -0.15) is 0 Å². The quantitative estimate of drug-likeness (QED) is 0.718. The van der Waals surface area contributed by atoms with E-state index in [-0.39, 0.29) is 30.4 Å². The number of carbonyl (C=O) groups excluding carboxylic acids is 1. The van der Waals surface area contributed by atoms with Crippen molar-refractivity contribution in [1.82, 2.24) is 0 Å². The third kappa shape index (κ3) is 5.88. The average Bonchev–Trinajstić information content (AvgIpc) is 2.00. The normalized spacial score (nSPS) is 14.6. The van der Waals surface area contributed by atoms with Gasteiger partial charge in [0.2, 0.25) is 0 Å². The van der Waals surface area contributed by atoms with Crippen LogP contribution in [0.25, 0.3) is 0 Å². The fraction of sp³-hybridized carbons (Fsp3) is 0.889. The van der Waals surface area contributed by atoms with Crippen molar-refractivity contribution in [3.63, 3.8) is 0 Å². The third-order valence-corrected chi connectivity index (χ3v) is 1.88. The molecule has 0 saturated carbocycles. The number of hydrogen-bond donors (Lipinski definition) is 1. The molecule has 2 N–H and O–H groups in total. The predicted octanol–water partition coefficient (Wildman–Crippen LogP) is 1.73. The second-order valence-electron chi connectivity index (χ2n) is 3.40. The first-order valence-electron chi connectivity index (χ1n) is 4.45. The Hall–Kier alpha value is -0.280. The minimum absolute atomic E-state index is 0. The average molecular weight is 210 g/mol. The zero-order valence-corrected chi connectivity index (χ0v) is 9.56. The number of esters is 1. The van der Waals surface area contributed by atoms with Gasteiger partial charge in [-0.05, 0) is 19.8 Å². The largest absolute Gasteiger partial charge is 0.462 e. The molecule has 0 aromatic rings. The van der Waals surface area contributed by atoms with Gasteiger partial charge in [0, 0.05) is 0 Å². The number of ether oxygens (including phenoxy) is 1. The Morgan fingerprint density at radius 1 is 1.38 bits per heavy atom. The van der Waals surface area contributed by atoms with Gasteiger partial charge in [0.1, 0.15) is 6.04 Å². The monoisotopic (exact) mass is 209 g/mol. The van der Waals surface area contributed by atoms with Gasteiger partial charge in [0.05, 0.1) is 6.10 Å². The van der Waals surface area contributed by atoms with Gasteiger partial charge in [-0.15, -0.1) is 12.4 Å². The van der Waals surface area contributed by atoms with E-state index in [1.165, 1.54) is 0 Å². The molecule has 2 unspecified atom stereocenters. The van der Waals surface area contributed by atoms with E-state index in [0.29, 0.717) is 0 Å². The van der Waals surface area contributed by atoms with Crippen molar-refractivity contribution in [1.29, 1.82) is 0 Å². The fourth-order valence-corrected chi connectivity index (χ4v) is 0.797. The molecule has 0 aromatic carbocycles. The van der Waals surface area contributed by atoms with E-state index in [2.05, 4.69) is 0 Å². The Balaban J connectivity index is 0. The molecule has 0 heterocycles. The predicted molar refractivity (Wildman–Crippen MR) is 55.9 cm³/mol. The number of rotatable bonds is 4. The summed E-state index contributed by atoms with van der Waals surface area (Å²) < 4.78 is 4.97. The lowest BCUT2D eigenvalue weighted by molar-refractivity contribution is -0.150. The lowest BCUT2D eigenvalue weighted by atomic mass is 10.0. The molecule has 3 nitrogen and oxygen atoms in total. The van der Waals surface area contributed by atoms with Crippen LogP contribution in [-0.4, -0.2) is 18.1 Å². The number of halogens is 1. The Labute approximate surface area is 86.4 Å². The molecule has 0 bridgehead atoms. The van der Waals surface area contributed by atoms with E-state index in [0.717, 1.165) is 6.42 Å². The topological polar surface area (TPSA) is 52.3 Å². The number of hydrogen-bond acceptors (Lipinski definition) is 3. The third-order valence-electron chi connectivity index (χ3n) is 1.88. The lowest BCUT2D eigenvalue weighted by Crippen LogP contribution is -2.39. The Kier molecular flexibility index (Phi) is 8.37. The molecule has 0 fully saturated rings. The van der Waals surface area contributed by atoms with Crippen LogP contribution in [0.5, 0.6) is 0 Å². The van der Waals surface area contributed by atoms with Crippen molar-refractivity contribution in [2.45, 2.75) is 46.3 Å². The van der Waals surface area contributed by atoms with Crippen LogP contribution in [0.3, 0.4) is 0 Å². The highest BCUT2D eigenvalue weighted by Gasteiger charge is 2.21. The van der Waals surface area contributed by atoms with Crippen LogP contribution in [0.4, 0.5) is 0 Å². The van der Waals surface area contributed by atoms with Crippen LogP contribution in [0.1, 0.15) is 34.1 Å². The maximum absolute atomic E-state index is 11.2. The van der Waals surface area contributed by atoms with Crippen LogP contribution in [0.15, 0.2) is 0 Å². The summed E-state index contributed by atoms with van der Waals surface area (Å²) in [5, 5.41) is 0. The molecule has 0 amide bonds. The molecule has 2 atom stereocenters. The number of carbonyl (C=O) groups is 1. The smallest absolute Gasteiger partial charge is 0.323 e. The van der Waals surface area contributed by atoms with Crippen LogP contribution in [0, 0.1) is 5.92 Å². The summed E-state index contributed by atoms with van der Waals surface area (Å²) in [5.41, 5.74) is 5.64. The molecular weight excluding hydrogens is 190 g/mol. The molecule has 0 spiro atoms. The zero-order chi connectivity index (χ0) is 9.72. The van der Waals surface area contributed by atoms with Gasteiger partial charge in [-0.1, -0.05) is 20.3 Å². The summed E-state index contributed by atoms with van der Waals surface area (Å²) in [4.78, 5) is 11.2. The molecule has 0 aliphatic carbocycles. The summed E-state index contributed by atoms with van der Waals surface area (Å²) in [7, 11) is 0. The maximum Gasteiger partial charge on any atom is 0.323 e. The van der Waals surface area contributed by atoms with E-state index in [9.17, 15) is 4.79 Å². The fourth-order valence-electron chi connectivity index (χ4n) is 0.797. The molecule has 0 aromatic heterocycles. The molecule has 0 radical (unpaired) electrons. The van der Waals surface area contributed by atoms with Crippen molar-refractivity contribution >= 4 is 18.4 Å². The van der Waals surface area contributed by atoms with Gasteiger partial charge in [0.15, 0.2) is 0 Å². The van der Waals surface area contributed by atoms with Gasteiger partial charge >= 0.3 is 5.97 Å². The van der Waals surface area contributed by atoms with E-state index >= 15 is 0 Å². The Morgan fingerprint density at radius 2 is 1.85 bits per heavy atom. The minimum atomic E-state index is -0.475. The molecule has 80 valence electrons. The summed E-state index contributed by atoms with van der Waals surface area (Å²) in [6, 6.07) is -0.475.